The lowest BCUT2D eigenvalue weighted by atomic mass is 9.70. The number of aliphatic hydroxyl groups is 8. The van der Waals surface area contributed by atoms with Gasteiger partial charge in [0.05, 0.1) is 127 Å². The van der Waals surface area contributed by atoms with Crippen molar-refractivity contribution in [3.8, 4) is 34.5 Å². The number of nitrogens with zero attached hydrogens (tertiary/aromatic N) is 3. The van der Waals surface area contributed by atoms with Gasteiger partial charge in [-0.1, -0.05) is 59.3 Å². The second-order valence-corrected chi connectivity index (χ2v) is 28.8. The summed E-state index contributed by atoms with van der Waals surface area (Å²) in [5.41, 5.74) is 2.80. The summed E-state index contributed by atoms with van der Waals surface area (Å²) < 4.78 is 133. The Morgan fingerprint density at radius 1 is 0.583 bits per heavy atom. The van der Waals surface area contributed by atoms with Gasteiger partial charge in [-0.3, -0.25) is 19.2 Å². The van der Waals surface area contributed by atoms with E-state index in [2.05, 4.69) is 15.6 Å². The van der Waals surface area contributed by atoms with Gasteiger partial charge in [0.25, 0.3) is 5.91 Å². The number of rotatable bonds is 45. The van der Waals surface area contributed by atoms with Crippen LogP contribution < -0.4 is 32.6 Å². The van der Waals surface area contributed by atoms with Gasteiger partial charge in [0.1, 0.15) is 60.8 Å². The number of aliphatic hydroxyl groups excluding tert-OH is 8. The van der Waals surface area contributed by atoms with Gasteiger partial charge in [-0.15, -0.1) is 13.5 Å². The third kappa shape index (κ3) is 22.3. The van der Waals surface area contributed by atoms with Gasteiger partial charge in [0.2, 0.25) is 18.8 Å². The van der Waals surface area contributed by atoms with E-state index in [0.717, 1.165) is 17.7 Å². The van der Waals surface area contributed by atoms with Crippen molar-refractivity contribution in [2.75, 3.05) is 105 Å². The predicted octanol–water partition coefficient (Wildman–Crippen LogP) is 1.42. The van der Waals surface area contributed by atoms with Gasteiger partial charge in [0.15, 0.2) is 50.2 Å². The number of fused-ring (bicyclic) bond motifs is 4. The molecular weight excluding hydrogens is 1460 g/mol. The molecule has 1 aromatic heterocycles. The minimum Gasteiger partial charge on any atom is -0.484 e. The van der Waals surface area contributed by atoms with E-state index in [1.807, 2.05) is 6.92 Å². The first kappa shape index (κ1) is 82.3. The Hall–Kier alpha value is -8.22. The van der Waals surface area contributed by atoms with Crippen molar-refractivity contribution in [3.05, 3.63) is 148 Å². The summed E-state index contributed by atoms with van der Waals surface area (Å²) in [7, 11) is -8.70. The molecule has 4 heterocycles. The predicted molar refractivity (Wildman–Crippen MR) is 373 cm³/mol. The summed E-state index contributed by atoms with van der Waals surface area (Å²) >= 11 is 0. The average molecular weight is 1550 g/mol. The molecule has 588 valence electrons. The fourth-order valence-corrected chi connectivity index (χ4v) is 13.9. The highest BCUT2D eigenvalue weighted by atomic mass is 32.3. The van der Waals surface area contributed by atoms with E-state index in [1.165, 1.54) is 48.5 Å². The van der Waals surface area contributed by atoms with Crippen LogP contribution in [0.25, 0.3) is 0 Å². The molecule has 10 rings (SSSR count). The van der Waals surface area contributed by atoms with Crippen LogP contribution in [0, 0.1) is 6.92 Å². The van der Waals surface area contributed by atoms with Crippen LogP contribution in [-0.4, -0.2) is 262 Å². The molecule has 0 spiro atoms. The van der Waals surface area contributed by atoms with Gasteiger partial charge in [-0.25, -0.2) is 13.1 Å². The second kappa shape index (κ2) is 39.4. The van der Waals surface area contributed by atoms with Crippen molar-refractivity contribution in [2.24, 2.45) is 0 Å². The average Bonchev–Trinajstić information content (AvgIpc) is 1.13. The molecule has 1 aliphatic carbocycles. The van der Waals surface area contributed by atoms with Crippen molar-refractivity contribution in [1.82, 2.24) is 20.3 Å². The topological polar surface area (TPSA) is 470 Å². The molecule has 1 saturated carbocycles. The minimum atomic E-state index is -5.10. The molecule has 6 aromatic rings. The summed E-state index contributed by atoms with van der Waals surface area (Å²) in [5, 5.41) is 94.7. The monoisotopic (exact) mass is 1550 g/mol. The number of carbonyl (C=O) groups is 4. The Morgan fingerprint density at radius 3 is 1.78 bits per heavy atom. The van der Waals surface area contributed by atoms with E-state index < -0.39 is 117 Å². The van der Waals surface area contributed by atoms with Crippen LogP contribution >= 0.6 is 0 Å². The fraction of sp³-hybridized carbons (Fsp3) is 0.500. The molecule has 36 heteroatoms. The number of hydrogen-bond acceptors (Lipinski definition) is 32. The van der Waals surface area contributed by atoms with E-state index >= 15 is 0 Å². The maximum absolute atomic E-state index is 13.6. The van der Waals surface area contributed by atoms with Crippen LogP contribution in [0.4, 0.5) is 0 Å². The van der Waals surface area contributed by atoms with Crippen molar-refractivity contribution < 1.29 is 142 Å². The smallest absolute Gasteiger partial charge is 0.484 e. The van der Waals surface area contributed by atoms with Crippen LogP contribution in [0.1, 0.15) is 102 Å². The van der Waals surface area contributed by atoms with Crippen molar-refractivity contribution >= 4 is 43.5 Å². The zero-order valence-corrected chi connectivity index (χ0v) is 60.5. The molecule has 0 bridgehead atoms. The maximum Gasteiger partial charge on any atom is 0.501 e. The van der Waals surface area contributed by atoms with Crippen LogP contribution in [0.3, 0.4) is 0 Å². The molecular formula is C72H88N4O30S2. The van der Waals surface area contributed by atoms with Gasteiger partial charge in [0, 0.05) is 55.1 Å². The number of ketones is 3. The first-order chi connectivity index (χ1) is 52.0. The first-order valence-electron chi connectivity index (χ1n) is 34.9. The molecule has 0 radical (unpaired) electrons. The molecule has 1 amide bonds. The summed E-state index contributed by atoms with van der Waals surface area (Å²) in [6, 6.07) is 21.8. The molecule has 9 N–H and O–H groups in total. The molecule has 1 saturated heterocycles. The highest BCUT2D eigenvalue weighted by Crippen LogP contribution is 2.51. The SMILES string of the molecule is Cc1ccc(S(=O)(=O)CCC(=O)c2ccc(C(=O)CCCOCCOCCOCCOCc3cn(CCOCCOCCOCCCC(=O)c4ccc(O[C@@H]5O[C@H](CO)[C@H](O)[C@H](O)[C@H]5O)c(OS(=O)(=O)Oc5ccc(COc6c7c(cc8c6C(=O)N[C@H]6[C@H](O)[C@H](O)[C@@H](O)[C@H](O)[C@H]86)OCO7)cc5)c4)nn3)cc2)cc1. The Balaban J connectivity index is 0.564. The third-order valence-electron chi connectivity index (χ3n) is 17.8. The highest BCUT2D eigenvalue weighted by molar-refractivity contribution is 7.91. The number of benzene rings is 5. The van der Waals surface area contributed by atoms with Crippen molar-refractivity contribution in [2.45, 2.75) is 131 Å². The molecule has 5 aromatic carbocycles. The summed E-state index contributed by atoms with van der Waals surface area (Å²) in [6.45, 7) is 5.16. The van der Waals surface area contributed by atoms with Crippen LogP contribution in [0.5, 0.6) is 34.5 Å². The number of nitrogens with one attached hydrogen (secondary N) is 1. The van der Waals surface area contributed by atoms with E-state index in [0.29, 0.717) is 94.8 Å². The van der Waals surface area contributed by atoms with Crippen LogP contribution in [-0.2, 0) is 77.9 Å². The van der Waals surface area contributed by atoms with E-state index in [-0.39, 0.29) is 134 Å². The molecule has 108 heavy (non-hydrogen) atoms. The number of carbonyl (C=O) groups excluding carboxylic acids is 4. The van der Waals surface area contributed by atoms with Gasteiger partial charge in [-0.2, -0.15) is 0 Å². The largest absolute Gasteiger partial charge is 0.501 e. The molecule has 0 unspecified atom stereocenters. The van der Waals surface area contributed by atoms with E-state index in [4.69, 9.17) is 65.2 Å². The number of Topliss-reactive ketones (excluding diaryl/α,β-unsaturated/α-hetero) is 3. The summed E-state index contributed by atoms with van der Waals surface area (Å²) in [5.74, 6) is -4.24. The number of ether oxygens (including phenoxy) is 12. The van der Waals surface area contributed by atoms with Crippen LogP contribution in [0.15, 0.2) is 108 Å². The Morgan fingerprint density at radius 2 is 1.15 bits per heavy atom. The van der Waals surface area contributed by atoms with Gasteiger partial charge in [-0.05, 0) is 79.4 Å². The molecule has 4 aliphatic rings. The summed E-state index contributed by atoms with van der Waals surface area (Å²) in [6.07, 6.45) is -13.0. The maximum atomic E-state index is 13.6. The lowest BCUT2D eigenvalue weighted by Crippen LogP contribution is -2.66. The van der Waals surface area contributed by atoms with Crippen LogP contribution in [0.2, 0.25) is 0 Å². The standard InChI is InChI=1S/C72H88N4O30S2/c1-43-6-17-50(18-7-43)107(89,90)35-20-54(80)46-12-10-45(11-13-46)52(78)4-2-22-93-26-29-97-31-32-98-33-34-99-41-48-38-76(75-74-48)21-24-95-27-30-96-28-25-94-23-3-5-53(79)47-14-19-55(103-72-68(87)65(84)62(81)58(39-77)104-72)56(36-47)106-108(91,92)105-49-15-8-44(9-16-49)40-100-70-60-51(37-57-69(70)102-42-101-57)59-61(73-71(60)88)64(83)67(86)66(85)63(59)82/h6-19,36-38,58-59,61-68,72,77,81-87H,2-5,20-35,39-42H2,1H3,(H,73,88)/t58-,59-,61-,62+,63-,64+,65+,66+,67+,68-,72-/m1/s1. The number of sulfone groups is 1. The van der Waals surface area contributed by atoms with Gasteiger partial charge >= 0.3 is 10.4 Å². The van der Waals surface area contributed by atoms with Crippen molar-refractivity contribution in [3.63, 3.8) is 0 Å². The van der Waals surface area contributed by atoms with E-state index in [1.54, 1.807) is 47.3 Å². The lowest BCUT2D eigenvalue weighted by molar-refractivity contribution is -0.277. The molecule has 2 fully saturated rings. The molecule has 11 atom stereocenters. The van der Waals surface area contributed by atoms with E-state index in [9.17, 15) is 76.9 Å². The lowest BCUT2D eigenvalue weighted by Gasteiger charge is -2.47. The first-order valence-corrected chi connectivity index (χ1v) is 37.9. The highest BCUT2D eigenvalue weighted by Gasteiger charge is 2.54. The number of aryl methyl sites for hydroxylation is 1. The zero-order chi connectivity index (χ0) is 76.9. The molecule has 34 nitrogen and oxygen atoms in total. The third-order valence-corrected chi connectivity index (χ3v) is 20.3. The number of amides is 1. The number of hydrogen-bond donors (Lipinski definition) is 9. The van der Waals surface area contributed by atoms with Crippen molar-refractivity contribution in [1.29, 1.82) is 0 Å². The Labute approximate surface area is 621 Å². The molecule has 3 aliphatic heterocycles. The quantitative estimate of drug-likeness (QED) is 0.0193. The summed E-state index contributed by atoms with van der Waals surface area (Å²) in [4.78, 5) is 52.6. The zero-order valence-electron chi connectivity index (χ0n) is 58.9. The minimum absolute atomic E-state index is 0.0389. The Bertz CT molecular complexity index is 4190. The normalized spacial score (nSPS) is 21.7. The van der Waals surface area contributed by atoms with Gasteiger partial charge < -0.3 is 111 Å². The Kier molecular flexibility index (Phi) is 30.0. The fourth-order valence-electron chi connectivity index (χ4n) is 12.0. The second-order valence-electron chi connectivity index (χ2n) is 25.5. The number of aromatic nitrogens is 3.